The molecule has 3 N–H and O–H groups in total. The van der Waals surface area contributed by atoms with Gasteiger partial charge < -0.3 is 11.1 Å². The van der Waals surface area contributed by atoms with Gasteiger partial charge in [-0.05, 0) is 48.9 Å². The summed E-state index contributed by atoms with van der Waals surface area (Å²) in [5.41, 5.74) is 8.24. The number of carbonyl (C=O) groups excluding carboxylic acids is 2. The first-order chi connectivity index (χ1) is 15.1. The van der Waals surface area contributed by atoms with Gasteiger partial charge in [-0.2, -0.15) is 0 Å². The van der Waals surface area contributed by atoms with Crippen molar-refractivity contribution in [1.82, 2.24) is 0 Å². The van der Waals surface area contributed by atoms with Crippen LogP contribution in [0.4, 0.5) is 5.00 Å². The quantitative estimate of drug-likeness (QED) is 0.454. The van der Waals surface area contributed by atoms with Crippen molar-refractivity contribution in [2.45, 2.75) is 48.7 Å². The number of primary amides is 1. The van der Waals surface area contributed by atoms with Crippen LogP contribution in [-0.4, -0.2) is 11.8 Å². The van der Waals surface area contributed by atoms with E-state index in [1.807, 2.05) is 60.7 Å². The first-order valence-electron chi connectivity index (χ1n) is 10.7. The standard InChI is InChI=1S/C25H26N2O2S2/c26-23(28)21-19-15-9-1-2-10-16-20(19)31-25(21)27-24(29)22(17-11-5-3-6-12-17)30-18-13-7-4-8-14-18/h3-8,11-14,22H,1-2,9-10,15-16H2,(H2,26,28)(H,27,29). The van der Waals surface area contributed by atoms with E-state index in [4.69, 9.17) is 5.73 Å². The predicted molar refractivity (Wildman–Crippen MR) is 129 cm³/mol. The molecule has 3 aromatic rings. The topological polar surface area (TPSA) is 72.2 Å². The minimum Gasteiger partial charge on any atom is -0.365 e. The van der Waals surface area contributed by atoms with Gasteiger partial charge in [0.05, 0.1) is 5.56 Å². The fraction of sp³-hybridized carbons (Fsp3) is 0.280. The molecule has 1 aliphatic rings. The van der Waals surface area contributed by atoms with Gasteiger partial charge in [-0.15, -0.1) is 23.1 Å². The van der Waals surface area contributed by atoms with Crippen LogP contribution in [0.3, 0.4) is 0 Å². The zero-order valence-corrected chi connectivity index (χ0v) is 18.9. The Bertz CT molecular complexity index is 1050. The Balaban J connectivity index is 1.65. The van der Waals surface area contributed by atoms with E-state index in [1.165, 1.54) is 40.8 Å². The second-order valence-electron chi connectivity index (χ2n) is 7.70. The molecule has 0 fully saturated rings. The number of anilines is 1. The van der Waals surface area contributed by atoms with Gasteiger partial charge in [-0.25, -0.2) is 0 Å². The Morgan fingerprint density at radius 1 is 0.903 bits per heavy atom. The molecule has 160 valence electrons. The molecule has 1 aromatic heterocycles. The van der Waals surface area contributed by atoms with Gasteiger partial charge in [0.1, 0.15) is 10.3 Å². The number of hydrogen-bond acceptors (Lipinski definition) is 4. The number of hydrogen-bond donors (Lipinski definition) is 2. The average Bonchev–Trinajstić information content (AvgIpc) is 3.09. The Labute approximate surface area is 191 Å². The average molecular weight is 451 g/mol. The Morgan fingerprint density at radius 3 is 2.23 bits per heavy atom. The molecular weight excluding hydrogens is 424 g/mol. The summed E-state index contributed by atoms with van der Waals surface area (Å²) < 4.78 is 0. The zero-order chi connectivity index (χ0) is 21.6. The normalized spacial score (nSPS) is 14.7. The Kier molecular flexibility index (Phi) is 7.10. The first-order valence-corrected chi connectivity index (χ1v) is 12.3. The van der Waals surface area contributed by atoms with Crippen molar-refractivity contribution in [2.75, 3.05) is 5.32 Å². The van der Waals surface area contributed by atoms with Crippen LogP contribution in [0.1, 0.15) is 57.3 Å². The van der Waals surface area contributed by atoms with E-state index >= 15 is 0 Å². The molecule has 1 unspecified atom stereocenters. The fourth-order valence-corrected chi connectivity index (χ4v) is 6.32. The largest absolute Gasteiger partial charge is 0.365 e. The number of fused-ring (bicyclic) bond motifs is 1. The van der Waals surface area contributed by atoms with Crippen molar-refractivity contribution < 1.29 is 9.59 Å². The molecule has 4 nitrogen and oxygen atoms in total. The van der Waals surface area contributed by atoms with Crippen LogP contribution in [0.2, 0.25) is 0 Å². The highest BCUT2D eigenvalue weighted by molar-refractivity contribution is 8.00. The molecule has 1 atom stereocenters. The maximum atomic E-state index is 13.5. The number of aryl methyl sites for hydroxylation is 1. The number of amides is 2. The second-order valence-corrected chi connectivity index (χ2v) is 9.98. The number of nitrogens with two attached hydrogens (primary N) is 1. The summed E-state index contributed by atoms with van der Waals surface area (Å²) in [5, 5.41) is 3.23. The van der Waals surface area contributed by atoms with Crippen LogP contribution in [-0.2, 0) is 17.6 Å². The third-order valence-corrected chi connectivity index (χ3v) is 7.97. The molecule has 1 aliphatic carbocycles. The van der Waals surface area contributed by atoms with E-state index in [0.717, 1.165) is 41.7 Å². The van der Waals surface area contributed by atoms with Crippen LogP contribution in [0.15, 0.2) is 65.6 Å². The summed E-state index contributed by atoms with van der Waals surface area (Å²) in [4.78, 5) is 28.0. The van der Waals surface area contributed by atoms with Crippen molar-refractivity contribution >= 4 is 39.9 Å². The molecule has 4 rings (SSSR count). The molecule has 0 spiro atoms. The molecule has 0 bridgehead atoms. The molecule has 2 amide bonds. The summed E-state index contributed by atoms with van der Waals surface area (Å²) in [6.07, 6.45) is 6.31. The molecule has 6 heteroatoms. The molecule has 0 saturated heterocycles. The first kappa shape index (κ1) is 21.7. The molecule has 0 saturated carbocycles. The number of nitrogens with one attached hydrogen (secondary N) is 1. The van der Waals surface area contributed by atoms with E-state index in [2.05, 4.69) is 5.32 Å². The van der Waals surface area contributed by atoms with Gasteiger partial charge in [0.15, 0.2) is 0 Å². The molecule has 0 aliphatic heterocycles. The van der Waals surface area contributed by atoms with Crippen molar-refractivity contribution in [3.8, 4) is 0 Å². The van der Waals surface area contributed by atoms with Gasteiger partial charge in [-0.3, -0.25) is 9.59 Å². The van der Waals surface area contributed by atoms with Gasteiger partial charge in [0.25, 0.3) is 5.91 Å². The van der Waals surface area contributed by atoms with Crippen molar-refractivity contribution in [3.63, 3.8) is 0 Å². The van der Waals surface area contributed by atoms with Crippen LogP contribution >= 0.6 is 23.1 Å². The highest BCUT2D eigenvalue weighted by Gasteiger charge is 2.27. The molecule has 31 heavy (non-hydrogen) atoms. The lowest BCUT2D eigenvalue weighted by Crippen LogP contribution is -2.21. The van der Waals surface area contributed by atoms with Crippen molar-refractivity contribution in [2.24, 2.45) is 5.73 Å². The summed E-state index contributed by atoms with van der Waals surface area (Å²) >= 11 is 3.02. The molecule has 1 heterocycles. The summed E-state index contributed by atoms with van der Waals surface area (Å²) in [7, 11) is 0. The van der Waals surface area contributed by atoms with Crippen LogP contribution < -0.4 is 11.1 Å². The van der Waals surface area contributed by atoms with Crippen LogP contribution in [0.25, 0.3) is 0 Å². The highest BCUT2D eigenvalue weighted by Crippen LogP contribution is 2.40. The zero-order valence-electron chi connectivity index (χ0n) is 17.3. The van der Waals surface area contributed by atoms with E-state index in [0.29, 0.717) is 10.6 Å². The van der Waals surface area contributed by atoms with Crippen molar-refractivity contribution in [1.29, 1.82) is 0 Å². The fourth-order valence-electron chi connectivity index (χ4n) is 3.98. The molecular formula is C25H26N2O2S2. The van der Waals surface area contributed by atoms with E-state index in [1.54, 1.807) is 0 Å². The molecule has 2 aromatic carbocycles. The Hall–Kier alpha value is -2.57. The van der Waals surface area contributed by atoms with Gasteiger partial charge in [0.2, 0.25) is 5.91 Å². The lowest BCUT2D eigenvalue weighted by atomic mass is 9.96. The third-order valence-electron chi connectivity index (χ3n) is 5.49. The van der Waals surface area contributed by atoms with Gasteiger partial charge in [0, 0.05) is 9.77 Å². The number of benzene rings is 2. The minimum absolute atomic E-state index is 0.142. The smallest absolute Gasteiger partial charge is 0.251 e. The lowest BCUT2D eigenvalue weighted by Gasteiger charge is -2.17. The molecule has 0 radical (unpaired) electrons. The monoisotopic (exact) mass is 450 g/mol. The van der Waals surface area contributed by atoms with E-state index < -0.39 is 11.2 Å². The van der Waals surface area contributed by atoms with E-state index in [-0.39, 0.29) is 5.91 Å². The highest BCUT2D eigenvalue weighted by atomic mass is 32.2. The second kappa shape index (κ2) is 10.2. The number of carbonyl (C=O) groups is 2. The lowest BCUT2D eigenvalue weighted by molar-refractivity contribution is -0.115. The van der Waals surface area contributed by atoms with Gasteiger partial charge >= 0.3 is 0 Å². The summed E-state index contributed by atoms with van der Waals surface area (Å²) in [6, 6.07) is 19.6. The maximum absolute atomic E-state index is 13.5. The Morgan fingerprint density at radius 2 is 1.55 bits per heavy atom. The van der Waals surface area contributed by atoms with Crippen LogP contribution in [0, 0.1) is 0 Å². The SMILES string of the molecule is NC(=O)c1c(NC(=O)C(Sc2ccccc2)c2ccccc2)sc2c1CCCCCC2. The summed E-state index contributed by atoms with van der Waals surface area (Å²) in [6.45, 7) is 0. The van der Waals surface area contributed by atoms with E-state index in [9.17, 15) is 9.59 Å². The predicted octanol–water partition coefficient (Wildman–Crippen LogP) is 5.98. The number of thioether (sulfide) groups is 1. The minimum atomic E-state index is -0.458. The van der Waals surface area contributed by atoms with Crippen LogP contribution in [0.5, 0.6) is 0 Å². The summed E-state index contributed by atoms with van der Waals surface area (Å²) in [5.74, 6) is -0.600. The third kappa shape index (κ3) is 5.20. The van der Waals surface area contributed by atoms with Crippen molar-refractivity contribution in [3.05, 3.63) is 82.2 Å². The maximum Gasteiger partial charge on any atom is 0.251 e. The number of thiophene rings is 1. The number of rotatable bonds is 6. The van der Waals surface area contributed by atoms with Gasteiger partial charge in [-0.1, -0.05) is 61.4 Å².